The lowest BCUT2D eigenvalue weighted by molar-refractivity contribution is -0.997. The van der Waals surface area contributed by atoms with E-state index >= 15 is 0 Å². The summed E-state index contributed by atoms with van der Waals surface area (Å²) in [5.74, 6) is 0.395. The van der Waals surface area contributed by atoms with Crippen LogP contribution < -0.4 is 13.9 Å². The molecule has 4 nitrogen and oxygen atoms in total. The molecule has 1 spiro atoms. The second-order valence-electron chi connectivity index (χ2n) is 17.4. The van der Waals surface area contributed by atoms with Gasteiger partial charge in [-0.05, 0) is 99.6 Å². The zero-order valence-corrected chi connectivity index (χ0v) is 32.3. The average molecular weight is 735 g/mol. The van der Waals surface area contributed by atoms with Gasteiger partial charge >= 0.3 is 11.7 Å². The lowest BCUT2D eigenvalue weighted by Gasteiger charge is -2.32. The molecule has 0 fully saturated rings. The Balaban J connectivity index is 1.28. The minimum absolute atomic E-state index is 0.0407. The van der Waals surface area contributed by atoms with Crippen molar-refractivity contribution in [1.82, 2.24) is 4.57 Å². The summed E-state index contributed by atoms with van der Waals surface area (Å²) in [7, 11) is 0. The standard InChI is InChI=1S/C52H45N3O/c1-32-20-22-34(23-21-32)35-24-25-53-45(28-35)43-31-38(51(5,6)7)30-42-40-17-13-18-44-48(40)55-49(41-16-11-12-19-46(41)56-52(53,55)47(42)43)54(44)39-27-36(33-14-9-8-10-15-33)26-37(29-39)50(2,3)4/h8-31H,1-7H3/q+2/i1D3,20D,21D,22D,23D. The first-order chi connectivity index (χ1) is 29.8. The third kappa shape index (κ3) is 4.47. The zero-order valence-electron chi connectivity index (χ0n) is 39.3. The molecule has 56 heavy (non-hydrogen) atoms. The number of fused-ring (bicyclic) bond motifs is 5. The third-order valence-electron chi connectivity index (χ3n) is 11.8. The Bertz CT molecular complexity index is 3290. The predicted molar refractivity (Wildman–Crippen MR) is 226 cm³/mol. The highest BCUT2D eigenvalue weighted by atomic mass is 16.5. The van der Waals surface area contributed by atoms with Gasteiger partial charge in [0.2, 0.25) is 5.69 Å². The van der Waals surface area contributed by atoms with Crippen molar-refractivity contribution in [2.45, 2.75) is 65.1 Å². The van der Waals surface area contributed by atoms with Crippen molar-refractivity contribution >= 4 is 11.0 Å². The summed E-state index contributed by atoms with van der Waals surface area (Å²) >= 11 is 0. The van der Waals surface area contributed by atoms with Crippen molar-refractivity contribution in [3.05, 3.63) is 168 Å². The summed E-state index contributed by atoms with van der Waals surface area (Å²) in [5, 5.41) is 0. The van der Waals surface area contributed by atoms with E-state index in [4.69, 9.17) is 14.3 Å². The first-order valence-corrected chi connectivity index (χ1v) is 19.3. The second kappa shape index (κ2) is 11.2. The first-order valence-electron chi connectivity index (χ1n) is 22.8. The summed E-state index contributed by atoms with van der Waals surface area (Å²) in [5.41, 5.74) is 12.8. The molecule has 1 atom stereocenters. The lowest BCUT2D eigenvalue weighted by Crippen LogP contribution is -2.78. The molecule has 11 rings (SSSR count). The molecular formula is C52H45N3O+2. The minimum Gasteiger partial charge on any atom is -0.392 e. The van der Waals surface area contributed by atoms with Gasteiger partial charge in [-0.1, -0.05) is 126 Å². The fourth-order valence-electron chi connectivity index (χ4n) is 9.06. The Morgan fingerprint density at radius 2 is 1.34 bits per heavy atom. The maximum absolute atomic E-state index is 9.05. The molecule has 0 radical (unpaired) electrons. The van der Waals surface area contributed by atoms with E-state index in [1.807, 2.05) is 36.5 Å². The van der Waals surface area contributed by atoms with Crippen molar-refractivity contribution in [1.29, 1.82) is 0 Å². The van der Waals surface area contributed by atoms with E-state index in [1.165, 1.54) is 5.56 Å². The molecule has 6 aromatic carbocycles. The lowest BCUT2D eigenvalue weighted by atomic mass is 9.80. The zero-order chi connectivity index (χ0) is 44.3. The highest BCUT2D eigenvalue weighted by Gasteiger charge is 2.68. The van der Waals surface area contributed by atoms with Crippen molar-refractivity contribution in [2.75, 3.05) is 0 Å². The molecule has 0 saturated heterocycles. The highest BCUT2D eigenvalue weighted by Crippen LogP contribution is 2.54. The fourth-order valence-corrected chi connectivity index (χ4v) is 9.06. The number of aromatic nitrogens is 3. The van der Waals surface area contributed by atoms with E-state index in [2.05, 4.69) is 134 Å². The predicted octanol–water partition coefficient (Wildman–Crippen LogP) is 11.7. The SMILES string of the molecule is [2H]c1c([2H])c(C([2H])([2H])[2H])c([2H])c([2H])c1-c1cc[n+]2c(c1)-c1cc(C(C)(C)C)cc3c1C21Oc2ccccc2-c2n(-c4cc(-c5ccccc5)cc(C(C)(C)C)c4)c4cccc-3c4[n+]21. The molecule has 0 saturated carbocycles. The van der Waals surface area contributed by atoms with Crippen LogP contribution in [0.2, 0.25) is 0 Å². The van der Waals surface area contributed by atoms with Crippen LogP contribution in [0.25, 0.3) is 72.7 Å². The topological polar surface area (TPSA) is 21.9 Å². The molecule has 1 unspecified atom stereocenters. The molecule has 0 bridgehead atoms. The summed E-state index contributed by atoms with van der Waals surface area (Å²) in [4.78, 5) is 0. The van der Waals surface area contributed by atoms with E-state index in [0.29, 0.717) is 11.3 Å². The van der Waals surface area contributed by atoms with Crippen LogP contribution in [0, 0.1) is 6.85 Å². The molecule has 0 N–H and O–H groups in total. The molecular weight excluding hydrogens is 683 g/mol. The van der Waals surface area contributed by atoms with Gasteiger partial charge in [-0.25, -0.2) is 0 Å². The number of nitrogens with zero attached hydrogens (tertiary/aromatic N) is 3. The van der Waals surface area contributed by atoms with E-state index in [9.17, 15) is 0 Å². The van der Waals surface area contributed by atoms with Crippen LogP contribution in [0.5, 0.6) is 5.75 Å². The van der Waals surface area contributed by atoms with Gasteiger partial charge in [0.05, 0.1) is 11.0 Å². The summed E-state index contributed by atoms with van der Waals surface area (Å²) in [6.45, 7) is 10.5. The molecule has 3 aliphatic rings. The van der Waals surface area contributed by atoms with E-state index in [0.717, 1.165) is 72.7 Å². The number of hydrogen-bond donors (Lipinski definition) is 0. The van der Waals surface area contributed by atoms with Crippen LogP contribution in [0.3, 0.4) is 0 Å². The molecule has 4 heteroatoms. The monoisotopic (exact) mass is 734 g/mol. The number of rotatable bonds is 3. The van der Waals surface area contributed by atoms with Crippen LogP contribution in [-0.2, 0) is 16.7 Å². The van der Waals surface area contributed by atoms with Gasteiger partial charge in [0.15, 0.2) is 17.2 Å². The van der Waals surface area contributed by atoms with E-state index < -0.39 is 42.4 Å². The largest absolute Gasteiger partial charge is 0.499 e. The number of pyridine rings is 1. The average Bonchev–Trinajstić information content (AvgIpc) is 3.73. The number of benzene rings is 6. The maximum atomic E-state index is 9.05. The van der Waals surface area contributed by atoms with E-state index in [-0.39, 0.29) is 16.4 Å². The highest BCUT2D eigenvalue weighted by molar-refractivity contribution is 5.98. The van der Waals surface area contributed by atoms with Crippen LogP contribution in [0.15, 0.2) is 146 Å². The van der Waals surface area contributed by atoms with Gasteiger partial charge in [-0.2, -0.15) is 4.57 Å². The molecule has 272 valence electrons. The maximum Gasteiger partial charge on any atom is 0.499 e. The summed E-state index contributed by atoms with van der Waals surface area (Å²) < 4.78 is 74.1. The van der Waals surface area contributed by atoms with Crippen LogP contribution in [0.4, 0.5) is 0 Å². The number of para-hydroxylation sites is 2. The number of ether oxygens (including phenoxy) is 1. The summed E-state index contributed by atoms with van der Waals surface area (Å²) in [6, 6.07) is 38.5. The van der Waals surface area contributed by atoms with Gasteiger partial charge in [0.25, 0.3) is 0 Å². The molecule has 0 aliphatic carbocycles. The molecule has 8 aromatic rings. The van der Waals surface area contributed by atoms with Crippen molar-refractivity contribution in [3.63, 3.8) is 0 Å². The minimum atomic E-state index is -2.82. The third-order valence-corrected chi connectivity index (χ3v) is 11.8. The Kier molecular flexibility index (Phi) is 5.29. The molecule has 2 aromatic heterocycles. The fraction of sp³-hybridized carbons (Fsp3) is 0.192. The Morgan fingerprint density at radius 3 is 2.11 bits per heavy atom. The van der Waals surface area contributed by atoms with Gasteiger partial charge in [-0.15, -0.1) is 9.13 Å². The second-order valence-corrected chi connectivity index (χ2v) is 17.4. The van der Waals surface area contributed by atoms with Crippen LogP contribution in [-0.4, -0.2) is 4.57 Å². The van der Waals surface area contributed by atoms with Crippen molar-refractivity contribution in [3.8, 4) is 67.5 Å². The van der Waals surface area contributed by atoms with E-state index in [1.54, 1.807) is 6.07 Å². The van der Waals surface area contributed by atoms with Crippen molar-refractivity contribution in [2.24, 2.45) is 0 Å². The Labute approximate surface area is 338 Å². The van der Waals surface area contributed by atoms with Crippen LogP contribution in [0.1, 0.15) is 73.4 Å². The van der Waals surface area contributed by atoms with Crippen molar-refractivity contribution < 1.29 is 23.5 Å². The van der Waals surface area contributed by atoms with Gasteiger partial charge < -0.3 is 4.74 Å². The van der Waals surface area contributed by atoms with Gasteiger partial charge in [0, 0.05) is 27.4 Å². The summed E-state index contributed by atoms with van der Waals surface area (Å²) in [6.07, 6.45) is 1.92. The van der Waals surface area contributed by atoms with Gasteiger partial charge in [0.1, 0.15) is 22.6 Å². The quantitative estimate of drug-likeness (QED) is 0.166. The molecule has 0 amide bonds. The Morgan fingerprint density at radius 1 is 0.625 bits per heavy atom. The number of imidazole rings is 1. The van der Waals surface area contributed by atoms with Gasteiger partial charge in [-0.3, -0.25) is 0 Å². The molecule has 3 aliphatic heterocycles. The smallest absolute Gasteiger partial charge is 0.392 e. The number of hydrogen-bond acceptors (Lipinski definition) is 1. The molecule has 5 heterocycles. The Hall–Kier alpha value is -6.26. The normalized spacial score (nSPS) is 18.0. The van der Waals surface area contributed by atoms with Crippen LogP contribution >= 0.6 is 0 Å². The first kappa shape index (κ1) is 26.5.